The number of carboxylic acids is 1. The fraction of sp³-hybridized carbons (Fsp3) is 0.900. The Labute approximate surface area is 119 Å². The molecule has 0 bridgehead atoms. The Morgan fingerprint density at radius 2 is 1.95 bits per heavy atom. The average Bonchev–Trinajstić information content (AvgIpc) is 2.64. The molecule has 0 aromatic heterocycles. The number of aliphatic carboxylic acids is 1. The van der Waals surface area contributed by atoms with Crippen LogP contribution in [0.3, 0.4) is 0 Å². The molecule has 1 saturated heterocycles. The standard InChI is InChI=1S/C10H20N2O6S2/c1-8(2)11(3)20(17,18)12(6-10(13)14)9-4-5-19(15,16)7-9/h8-9H,4-7H2,1-3H3,(H,13,14). The van der Waals surface area contributed by atoms with E-state index in [1.165, 1.54) is 7.05 Å². The summed E-state index contributed by atoms with van der Waals surface area (Å²) in [4.78, 5) is 10.9. The van der Waals surface area contributed by atoms with Gasteiger partial charge in [0.05, 0.1) is 11.5 Å². The number of carbonyl (C=O) groups is 1. The van der Waals surface area contributed by atoms with Crippen molar-refractivity contribution in [1.29, 1.82) is 0 Å². The van der Waals surface area contributed by atoms with Crippen molar-refractivity contribution in [2.45, 2.75) is 32.4 Å². The van der Waals surface area contributed by atoms with Crippen LogP contribution >= 0.6 is 0 Å². The fourth-order valence-corrected chi connectivity index (χ4v) is 5.49. The average molecular weight is 328 g/mol. The second kappa shape index (κ2) is 5.96. The summed E-state index contributed by atoms with van der Waals surface area (Å²) in [7, 11) is -5.96. The van der Waals surface area contributed by atoms with Gasteiger partial charge in [-0.25, -0.2) is 8.42 Å². The van der Waals surface area contributed by atoms with Gasteiger partial charge in [-0.3, -0.25) is 4.79 Å². The van der Waals surface area contributed by atoms with Crippen LogP contribution in [0.15, 0.2) is 0 Å². The van der Waals surface area contributed by atoms with Crippen LogP contribution in [0.4, 0.5) is 0 Å². The SMILES string of the molecule is CC(C)N(C)S(=O)(=O)N(CC(=O)O)C1CCS(=O)(=O)C1. The minimum atomic E-state index is -4.01. The first kappa shape index (κ1) is 17.3. The Morgan fingerprint density at radius 3 is 2.30 bits per heavy atom. The molecular weight excluding hydrogens is 308 g/mol. The highest BCUT2D eigenvalue weighted by molar-refractivity contribution is 7.91. The molecule has 1 atom stereocenters. The molecule has 20 heavy (non-hydrogen) atoms. The van der Waals surface area contributed by atoms with Gasteiger partial charge in [-0.15, -0.1) is 0 Å². The van der Waals surface area contributed by atoms with Crippen molar-refractivity contribution in [3.05, 3.63) is 0 Å². The monoisotopic (exact) mass is 328 g/mol. The van der Waals surface area contributed by atoms with Crippen LogP contribution in [-0.4, -0.2) is 73.7 Å². The van der Waals surface area contributed by atoms with E-state index in [-0.39, 0.29) is 24.0 Å². The highest BCUT2D eigenvalue weighted by atomic mass is 32.2. The Bertz CT molecular complexity index is 569. The second-order valence-electron chi connectivity index (χ2n) is 5.11. The molecule has 1 fully saturated rings. The van der Waals surface area contributed by atoms with Crippen LogP contribution in [0.5, 0.6) is 0 Å². The van der Waals surface area contributed by atoms with Gasteiger partial charge in [0.1, 0.15) is 6.54 Å². The van der Waals surface area contributed by atoms with Crippen LogP contribution in [0.1, 0.15) is 20.3 Å². The molecule has 0 aliphatic carbocycles. The topological polar surface area (TPSA) is 112 Å². The number of nitrogens with zero attached hydrogens (tertiary/aromatic N) is 2. The van der Waals surface area contributed by atoms with E-state index in [4.69, 9.17) is 5.11 Å². The van der Waals surface area contributed by atoms with Crippen molar-refractivity contribution >= 4 is 26.0 Å². The van der Waals surface area contributed by atoms with E-state index in [1.54, 1.807) is 13.8 Å². The van der Waals surface area contributed by atoms with Crippen LogP contribution in [-0.2, 0) is 24.8 Å². The molecular formula is C10H20N2O6S2. The van der Waals surface area contributed by atoms with Gasteiger partial charge >= 0.3 is 5.97 Å². The summed E-state index contributed by atoms with van der Waals surface area (Å²) in [6.07, 6.45) is 0.126. The van der Waals surface area contributed by atoms with Crippen molar-refractivity contribution in [2.24, 2.45) is 0 Å². The molecule has 0 aromatic carbocycles. The molecule has 1 heterocycles. The van der Waals surface area contributed by atoms with Crippen LogP contribution in [0.25, 0.3) is 0 Å². The molecule has 1 rings (SSSR count). The molecule has 0 saturated carbocycles. The Kier molecular flexibility index (Phi) is 5.17. The summed E-state index contributed by atoms with van der Waals surface area (Å²) in [5.41, 5.74) is 0. The molecule has 1 N–H and O–H groups in total. The maximum absolute atomic E-state index is 12.4. The van der Waals surface area contributed by atoms with E-state index in [9.17, 15) is 21.6 Å². The Morgan fingerprint density at radius 1 is 1.40 bits per heavy atom. The van der Waals surface area contributed by atoms with Gasteiger partial charge < -0.3 is 5.11 Å². The molecule has 0 aromatic rings. The quantitative estimate of drug-likeness (QED) is 0.679. The number of hydrogen-bond acceptors (Lipinski definition) is 5. The van der Waals surface area contributed by atoms with E-state index in [2.05, 4.69) is 0 Å². The number of hydrogen-bond donors (Lipinski definition) is 1. The van der Waals surface area contributed by atoms with Gasteiger partial charge in [0, 0.05) is 19.1 Å². The minimum Gasteiger partial charge on any atom is -0.480 e. The molecule has 118 valence electrons. The van der Waals surface area contributed by atoms with Gasteiger partial charge in [0.25, 0.3) is 10.2 Å². The third-order valence-electron chi connectivity index (χ3n) is 3.29. The zero-order valence-electron chi connectivity index (χ0n) is 11.7. The zero-order chi connectivity index (χ0) is 15.7. The summed E-state index contributed by atoms with van der Waals surface area (Å²) in [6, 6.07) is -1.17. The highest BCUT2D eigenvalue weighted by Crippen LogP contribution is 2.22. The molecule has 1 unspecified atom stereocenters. The van der Waals surface area contributed by atoms with Gasteiger partial charge in [-0.05, 0) is 20.3 Å². The molecule has 0 radical (unpaired) electrons. The maximum Gasteiger partial charge on any atom is 0.318 e. The predicted molar refractivity (Wildman–Crippen MR) is 73.2 cm³/mol. The lowest BCUT2D eigenvalue weighted by Gasteiger charge is -2.31. The Balaban J connectivity index is 3.10. The number of rotatable bonds is 6. The third kappa shape index (κ3) is 3.90. The summed E-state index contributed by atoms with van der Waals surface area (Å²) in [5, 5.41) is 8.88. The summed E-state index contributed by atoms with van der Waals surface area (Å²) < 4.78 is 49.6. The van der Waals surface area contributed by atoms with Crippen molar-refractivity contribution in [3.8, 4) is 0 Å². The van der Waals surface area contributed by atoms with Crippen LogP contribution < -0.4 is 0 Å². The number of carboxylic acid groups (broad SMARTS) is 1. The Hall–Kier alpha value is -0.710. The minimum absolute atomic E-state index is 0.116. The summed E-state index contributed by atoms with van der Waals surface area (Å²) in [5.74, 6) is -1.75. The molecule has 1 aliphatic heterocycles. The lowest BCUT2D eigenvalue weighted by atomic mass is 10.2. The predicted octanol–water partition coefficient (Wildman–Crippen LogP) is -0.855. The van der Waals surface area contributed by atoms with Crippen molar-refractivity contribution < 1.29 is 26.7 Å². The second-order valence-corrected chi connectivity index (χ2v) is 9.28. The van der Waals surface area contributed by atoms with Crippen molar-refractivity contribution in [3.63, 3.8) is 0 Å². The van der Waals surface area contributed by atoms with Gasteiger partial charge in [-0.1, -0.05) is 0 Å². The van der Waals surface area contributed by atoms with Crippen molar-refractivity contribution in [2.75, 3.05) is 25.1 Å². The van der Waals surface area contributed by atoms with Gasteiger partial charge in [-0.2, -0.15) is 17.0 Å². The van der Waals surface area contributed by atoms with E-state index < -0.39 is 38.6 Å². The third-order valence-corrected chi connectivity index (χ3v) is 7.21. The van der Waals surface area contributed by atoms with E-state index in [0.717, 1.165) is 8.61 Å². The van der Waals surface area contributed by atoms with Gasteiger partial charge in [0.2, 0.25) is 0 Å². The molecule has 0 amide bonds. The zero-order valence-corrected chi connectivity index (χ0v) is 13.3. The van der Waals surface area contributed by atoms with Crippen molar-refractivity contribution in [1.82, 2.24) is 8.61 Å². The van der Waals surface area contributed by atoms with E-state index in [1.807, 2.05) is 0 Å². The first-order valence-corrected chi connectivity index (χ1v) is 9.36. The van der Waals surface area contributed by atoms with E-state index >= 15 is 0 Å². The number of sulfone groups is 1. The van der Waals surface area contributed by atoms with Crippen LogP contribution in [0, 0.1) is 0 Å². The molecule has 8 nitrogen and oxygen atoms in total. The lowest BCUT2D eigenvalue weighted by molar-refractivity contribution is -0.137. The van der Waals surface area contributed by atoms with E-state index in [0.29, 0.717) is 0 Å². The van der Waals surface area contributed by atoms with Gasteiger partial charge in [0.15, 0.2) is 9.84 Å². The maximum atomic E-state index is 12.4. The lowest BCUT2D eigenvalue weighted by Crippen LogP contribution is -2.51. The smallest absolute Gasteiger partial charge is 0.318 e. The molecule has 10 heteroatoms. The van der Waals surface area contributed by atoms with Crippen LogP contribution in [0.2, 0.25) is 0 Å². The summed E-state index contributed by atoms with van der Waals surface area (Å²) in [6.45, 7) is 2.57. The highest BCUT2D eigenvalue weighted by Gasteiger charge is 2.41. The molecule has 1 aliphatic rings. The normalized spacial score (nSPS) is 22.8. The largest absolute Gasteiger partial charge is 0.480 e. The first-order valence-electron chi connectivity index (χ1n) is 6.14. The molecule has 0 spiro atoms. The first-order chi connectivity index (χ1) is 8.97. The fourth-order valence-electron chi connectivity index (χ4n) is 1.97. The summed E-state index contributed by atoms with van der Waals surface area (Å²) >= 11 is 0.